The van der Waals surface area contributed by atoms with Crippen LogP contribution in [0.25, 0.3) is 0 Å². The fourth-order valence-corrected chi connectivity index (χ4v) is 4.24. The smallest absolute Gasteiger partial charge is 0.240 e. The maximum atomic E-state index is 12.4. The van der Waals surface area contributed by atoms with Crippen molar-refractivity contribution in [1.82, 2.24) is 10.2 Å². The number of thiophene rings is 1. The Bertz CT molecular complexity index is 480. The molecular weight excluding hydrogens is 298 g/mol. The van der Waals surface area contributed by atoms with Crippen LogP contribution in [0.3, 0.4) is 0 Å². The predicted molar refractivity (Wildman–Crippen MR) is 87.8 cm³/mol. The first-order valence-corrected chi connectivity index (χ1v) is 8.99. The number of nitrogens with one attached hydrogen (secondary N) is 1. The Labute approximate surface area is 135 Å². The number of rotatable bonds is 5. The summed E-state index contributed by atoms with van der Waals surface area (Å²) in [6.45, 7) is 3.96. The normalized spacial score (nSPS) is 23.3. The van der Waals surface area contributed by atoms with Crippen LogP contribution < -0.4 is 11.1 Å². The number of hydrogen-bond donors (Lipinski definition) is 2. The van der Waals surface area contributed by atoms with E-state index in [-0.39, 0.29) is 11.9 Å². The Hall–Kier alpha value is -0.950. The number of amides is 1. The van der Waals surface area contributed by atoms with E-state index in [1.807, 2.05) is 0 Å². The summed E-state index contributed by atoms with van der Waals surface area (Å²) in [5, 5.41) is 5.20. The van der Waals surface area contributed by atoms with Crippen LogP contribution >= 0.6 is 11.3 Å². The van der Waals surface area contributed by atoms with Gasteiger partial charge in [-0.15, -0.1) is 11.3 Å². The average molecular weight is 323 g/mol. The zero-order valence-corrected chi connectivity index (χ0v) is 13.7. The lowest BCUT2D eigenvalue weighted by atomic mass is 9.98. The number of nitrogens with two attached hydrogens (primary N) is 1. The van der Waals surface area contributed by atoms with E-state index in [2.05, 4.69) is 27.7 Å². The SMILES string of the molecule is NC1(C(=O)NCC(c2cccs2)N2CCOCC2)CCCC1. The molecule has 1 aliphatic carbocycles. The number of carbonyl (C=O) groups excluding carboxylic acids is 1. The maximum Gasteiger partial charge on any atom is 0.240 e. The summed E-state index contributed by atoms with van der Waals surface area (Å²) in [5.41, 5.74) is 5.60. The van der Waals surface area contributed by atoms with E-state index in [1.54, 1.807) is 11.3 Å². The van der Waals surface area contributed by atoms with E-state index < -0.39 is 5.54 Å². The highest BCUT2D eigenvalue weighted by atomic mass is 32.1. The van der Waals surface area contributed by atoms with Crippen LogP contribution in [0, 0.1) is 0 Å². The van der Waals surface area contributed by atoms with Crippen LogP contribution in [-0.2, 0) is 9.53 Å². The molecule has 1 saturated heterocycles. The quantitative estimate of drug-likeness (QED) is 0.862. The summed E-state index contributed by atoms with van der Waals surface area (Å²) in [7, 11) is 0. The molecule has 1 aromatic heterocycles. The first-order chi connectivity index (χ1) is 10.7. The zero-order chi connectivity index (χ0) is 15.4. The van der Waals surface area contributed by atoms with Gasteiger partial charge in [0.05, 0.1) is 24.8 Å². The molecule has 1 aliphatic heterocycles. The average Bonchev–Trinajstić information content (AvgIpc) is 3.21. The van der Waals surface area contributed by atoms with Crippen LogP contribution in [-0.4, -0.2) is 49.2 Å². The molecule has 1 unspecified atom stereocenters. The van der Waals surface area contributed by atoms with Gasteiger partial charge in [-0.1, -0.05) is 18.9 Å². The molecule has 1 atom stereocenters. The molecule has 22 heavy (non-hydrogen) atoms. The highest BCUT2D eigenvalue weighted by molar-refractivity contribution is 7.10. The maximum absolute atomic E-state index is 12.4. The molecule has 0 spiro atoms. The minimum atomic E-state index is -0.648. The molecule has 0 aromatic carbocycles. The fourth-order valence-electron chi connectivity index (χ4n) is 3.38. The number of morpholine rings is 1. The Morgan fingerprint density at radius 2 is 2.14 bits per heavy atom. The molecule has 6 heteroatoms. The zero-order valence-electron chi connectivity index (χ0n) is 12.9. The van der Waals surface area contributed by atoms with Crippen LogP contribution in [0.15, 0.2) is 17.5 Å². The van der Waals surface area contributed by atoms with E-state index in [0.29, 0.717) is 6.54 Å². The summed E-state index contributed by atoms with van der Waals surface area (Å²) in [4.78, 5) is 16.1. The van der Waals surface area contributed by atoms with Crippen molar-refractivity contribution in [1.29, 1.82) is 0 Å². The second kappa shape index (κ2) is 7.08. The van der Waals surface area contributed by atoms with Gasteiger partial charge in [0.1, 0.15) is 0 Å². The lowest BCUT2D eigenvalue weighted by molar-refractivity contribution is -0.126. The third-order valence-corrected chi connectivity index (χ3v) is 5.74. The summed E-state index contributed by atoms with van der Waals surface area (Å²) in [6, 6.07) is 4.43. The third kappa shape index (κ3) is 3.51. The lowest BCUT2D eigenvalue weighted by Crippen LogP contribution is -2.53. The van der Waals surface area contributed by atoms with Gasteiger partial charge in [0.25, 0.3) is 0 Å². The van der Waals surface area contributed by atoms with E-state index in [9.17, 15) is 4.79 Å². The number of carbonyl (C=O) groups is 1. The Kier molecular flexibility index (Phi) is 5.13. The molecule has 1 saturated carbocycles. The Morgan fingerprint density at radius 1 is 1.41 bits per heavy atom. The highest BCUT2D eigenvalue weighted by Crippen LogP contribution is 2.28. The number of hydrogen-bond acceptors (Lipinski definition) is 5. The van der Waals surface area contributed by atoms with Crippen molar-refractivity contribution >= 4 is 17.2 Å². The Balaban J connectivity index is 1.64. The van der Waals surface area contributed by atoms with E-state index in [1.165, 1.54) is 4.88 Å². The van der Waals surface area contributed by atoms with Crippen molar-refractivity contribution in [3.63, 3.8) is 0 Å². The second-order valence-corrected chi connectivity index (χ2v) is 7.23. The van der Waals surface area contributed by atoms with Gasteiger partial charge in [-0.2, -0.15) is 0 Å². The molecular formula is C16H25N3O2S. The van der Waals surface area contributed by atoms with E-state index in [0.717, 1.165) is 52.0 Å². The summed E-state index contributed by atoms with van der Waals surface area (Å²) in [6.07, 6.45) is 3.73. The monoisotopic (exact) mass is 323 g/mol. The molecule has 0 bridgehead atoms. The minimum Gasteiger partial charge on any atom is -0.379 e. The van der Waals surface area contributed by atoms with Gasteiger partial charge in [0.2, 0.25) is 5.91 Å². The van der Waals surface area contributed by atoms with Crippen molar-refractivity contribution < 1.29 is 9.53 Å². The van der Waals surface area contributed by atoms with Gasteiger partial charge < -0.3 is 15.8 Å². The fraction of sp³-hybridized carbons (Fsp3) is 0.688. The van der Waals surface area contributed by atoms with Crippen molar-refractivity contribution in [2.75, 3.05) is 32.8 Å². The molecule has 1 amide bonds. The largest absolute Gasteiger partial charge is 0.379 e. The van der Waals surface area contributed by atoms with Crippen LogP contribution in [0.2, 0.25) is 0 Å². The molecule has 2 aliphatic rings. The minimum absolute atomic E-state index is 0.0137. The van der Waals surface area contributed by atoms with Gasteiger partial charge >= 0.3 is 0 Å². The highest BCUT2D eigenvalue weighted by Gasteiger charge is 2.37. The summed E-state index contributed by atoms with van der Waals surface area (Å²) in [5.74, 6) is 0.0137. The van der Waals surface area contributed by atoms with Crippen LogP contribution in [0.5, 0.6) is 0 Å². The van der Waals surface area contributed by atoms with Gasteiger partial charge in [-0.05, 0) is 24.3 Å². The molecule has 122 valence electrons. The number of nitrogens with zero attached hydrogens (tertiary/aromatic N) is 1. The predicted octanol–water partition coefficient (Wildman–Crippen LogP) is 1.51. The van der Waals surface area contributed by atoms with Gasteiger partial charge in [0.15, 0.2) is 0 Å². The first kappa shape index (κ1) is 15.9. The molecule has 1 aromatic rings. The van der Waals surface area contributed by atoms with Gasteiger partial charge in [-0.25, -0.2) is 0 Å². The summed E-state index contributed by atoms with van der Waals surface area (Å²) >= 11 is 1.74. The standard InChI is InChI=1S/C16H25N3O2S/c17-16(5-1-2-6-16)15(20)18-12-13(14-4-3-11-22-14)19-7-9-21-10-8-19/h3-4,11,13H,1-2,5-10,12,17H2,(H,18,20). The van der Waals surface area contributed by atoms with Gasteiger partial charge in [0, 0.05) is 24.5 Å². The topological polar surface area (TPSA) is 67.6 Å². The molecule has 5 nitrogen and oxygen atoms in total. The second-order valence-electron chi connectivity index (χ2n) is 6.25. The molecule has 0 radical (unpaired) electrons. The van der Waals surface area contributed by atoms with E-state index in [4.69, 9.17) is 10.5 Å². The molecule has 3 N–H and O–H groups in total. The number of ether oxygens (including phenoxy) is 1. The molecule has 2 heterocycles. The van der Waals surface area contributed by atoms with Gasteiger partial charge in [-0.3, -0.25) is 9.69 Å². The van der Waals surface area contributed by atoms with Crippen molar-refractivity contribution in [2.45, 2.75) is 37.3 Å². The third-order valence-electron chi connectivity index (χ3n) is 4.76. The van der Waals surface area contributed by atoms with Crippen molar-refractivity contribution in [3.8, 4) is 0 Å². The van der Waals surface area contributed by atoms with Crippen molar-refractivity contribution in [2.24, 2.45) is 5.73 Å². The van der Waals surface area contributed by atoms with Crippen LogP contribution in [0.4, 0.5) is 0 Å². The molecule has 2 fully saturated rings. The van der Waals surface area contributed by atoms with Crippen molar-refractivity contribution in [3.05, 3.63) is 22.4 Å². The first-order valence-electron chi connectivity index (χ1n) is 8.11. The summed E-state index contributed by atoms with van der Waals surface area (Å²) < 4.78 is 5.44. The van der Waals surface area contributed by atoms with E-state index >= 15 is 0 Å². The van der Waals surface area contributed by atoms with Crippen LogP contribution in [0.1, 0.15) is 36.6 Å². The Morgan fingerprint density at radius 3 is 2.77 bits per heavy atom. The lowest BCUT2D eigenvalue weighted by Gasteiger charge is -2.34. The molecule has 3 rings (SSSR count).